The normalized spacial score (nSPS) is 11.3. The maximum absolute atomic E-state index is 11.8. The number of nitrogens with two attached hydrogens (primary N) is 2. The standard InChI is InChI=1S/C22H28N10O10/c23-21-27-17-15(19(35)29-21)25-9-31(17)11-39-3-5-41-13(33)7-37-1-2-38-8-14(34)42-6-4-40-12-32-10-26-16-18(32)28-22(24)30-20(16)36/h9-10H,1-8,11-12H2,(H3,23,27,29,35)(H3,24,28,30,36). The van der Waals surface area contributed by atoms with Gasteiger partial charge in [0.05, 0.1) is 39.1 Å². The molecule has 0 radical (unpaired) electrons. The number of rotatable bonds is 17. The maximum Gasteiger partial charge on any atom is 0.332 e. The fourth-order valence-electron chi connectivity index (χ4n) is 3.40. The van der Waals surface area contributed by atoms with Crippen LogP contribution in [0.4, 0.5) is 11.9 Å². The van der Waals surface area contributed by atoms with Crippen molar-refractivity contribution in [2.45, 2.75) is 13.5 Å². The van der Waals surface area contributed by atoms with E-state index >= 15 is 0 Å². The third kappa shape index (κ3) is 8.30. The third-order valence-electron chi connectivity index (χ3n) is 5.24. The number of nitrogen functional groups attached to an aromatic ring is 2. The molecule has 0 aromatic carbocycles. The fraction of sp³-hybridized carbons (Fsp3) is 0.455. The van der Waals surface area contributed by atoms with Crippen molar-refractivity contribution in [3.05, 3.63) is 33.4 Å². The number of H-pyrrole nitrogens is 2. The first-order valence-electron chi connectivity index (χ1n) is 12.4. The number of esters is 2. The summed E-state index contributed by atoms with van der Waals surface area (Å²) in [5.74, 6) is -1.31. The van der Waals surface area contributed by atoms with Crippen LogP contribution in [0.15, 0.2) is 22.2 Å². The SMILES string of the molecule is Nc1nc2c(ncn2COCCOC(=O)COCCOCC(=O)OCCOCn2cnc3c(=O)[nH]c(N)nc32)c(=O)[nH]1. The van der Waals surface area contributed by atoms with Gasteiger partial charge in [-0.25, -0.2) is 19.6 Å². The van der Waals surface area contributed by atoms with Gasteiger partial charge in [0.15, 0.2) is 22.3 Å². The van der Waals surface area contributed by atoms with Crippen molar-refractivity contribution in [1.82, 2.24) is 39.0 Å². The Hall–Kier alpha value is -4.92. The average molecular weight is 593 g/mol. The zero-order valence-electron chi connectivity index (χ0n) is 22.1. The molecule has 226 valence electrons. The van der Waals surface area contributed by atoms with Crippen molar-refractivity contribution in [2.24, 2.45) is 0 Å². The van der Waals surface area contributed by atoms with Gasteiger partial charge in [0.25, 0.3) is 11.1 Å². The topological polar surface area (TPSA) is 269 Å². The molecule has 0 fully saturated rings. The molecule has 0 unspecified atom stereocenters. The number of anilines is 2. The van der Waals surface area contributed by atoms with Crippen molar-refractivity contribution in [3.63, 3.8) is 0 Å². The van der Waals surface area contributed by atoms with Crippen molar-refractivity contribution in [3.8, 4) is 0 Å². The lowest BCUT2D eigenvalue weighted by atomic mass is 10.5. The first-order valence-corrected chi connectivity index (χ1v) is 12.4. The van der Waals surface area contributed by atoms with Crippen molar-refractivity contribution >= 4 is 46.2 Å². The van der Waals surface area contributed by atoms with E-state index in [-0.39, 0.29) is 101 Å². The molecule has 0 spiro atoms. The molecule has 6 N–H and O–H groups in total. The number of carbonyl (C=O) groups excluding carboxylic acids is 2. The van der Waals surface area contributed by atoms with Gasteiger partial charge in [0.2, 0.25) is 11.9 Å². The summed E-state index contributed by atoms with van der Waals surface area (Å²) in [6, 6.07) is 0. The van der Waals surface area contributed by atoms with E-state index in [4.69, 9.17) is 39.9 Å². The number of aromatic nitrogens is 8. The second-order valence-corrected chi connectivity index (χ2v) is 8.30. The minimum Gasteiger partial charge on any atom is -0.462 e. The zero-order valence-corrected chi connectivity index (χ0v) is 22.1. The van der Waals surface area contributed by atoms with E-state index in [1.165, 1.54) is 21.8 Å². The van der Waals surface area contributed by atoms with E-state index in [1.807, 2.05) is 0 Å². The van der Waals surface area contributed by atoms with Crippen LogP contribution in [-0.2, 0) is 51.5 Å². The van der Waals surface area contributed by atoms with Crippen LogP contribution in [0.5, 0.6) is 0 Å². The summed E-state index contributed by atoms with van der Waals surface area (Å²) >= 11 is 0. The quantitative estimate of drug-likeness (QED) is 0.0727. The van der Waals surface area contributed by atoms with Gasteiger partial charge in [0.1, 0.15) is 39.9 Å². The first-order chi connectivity index (χ1) is 20.3. The Morgan fingerprint density at radius 2 is 1.07 bits per heavy atom. The molecular weight excluding hydrogens is 564 g/mol. The molecule has 0 aliphatic rings. The Labute approximate surface area is 234 Å². The second-order valence-electron chi connectivity index (χ2n) is 8.30. The van der Waals surface area contributed by atoms with Crippen LogP contribution in [-0.4, -0.2) is 104 Å². The Morgan fingerprint density at radius 3 is 1.50 bits per heavy atom. The molecule has 4 aromatic rings. The number of carbonyl (C=O) groups is 2. The molecule has 0 aliphatic heterocycles. The summed E-state index contributed by atoms with van der Waals surface area (Å²) in [6.07, 6.45) is 2.77. The second kappa shape index (κ2) is 14.6. The Bertz CT molecular complexity index is 1510. The van der Waals surface area contributed by atoms with Crippen molar-refractivity contribution in [1.29, 1.82) is 0 Å². The highest BCUT2D eigenvalue weighted by molar-refractivity contribution is 5.72. The molecule has 4 heterocycles. The first kappa shape index (κ1) is 30.0. The lowest BCUT2D eigenvalue weighted by Gasteiger charge is -2.09. The smallest absolute Gasteiger partial charge is 0.332 e. The van der Waals surface area contributed by atoms with E-state index in [2.05, 4.69) is 29.9 Å². The predicted octanol–water partition coefficient (Wildman–Crippen LogP) is -2.51. The van der Waals surface area contributed by atoms with E-state index < -0.39 is 23.1 Å². The molecule has 4 aromatic heterocycles. The van der Waals surface area contributed by atoms with Crippen LogP contribution in [0, 0.1) is 0 Å². The number of aromatic amines is 2. The van der Waals surface area contributed by atoms with Gasteiger partial charge in [-0.3, -0.25) is 28.7 Å². The van der Waals surface area contributed by atoms with Gasteiger partial charge in [-0.1, -0.05) is 0 Å². The van der Waals surface area contributed by atoms with Crippen LogP contribution in [0.25, 0.3) is 22.3 Å². The van der Waals surface area contributed by atoms with Gasteiger partial charge in [-0.2, -0.15) is 9.97 Å². The molecule has 20 nitrogen and oxygen atoms in total. The van der Waals surface area contributed by atoms with Gasteiger partial charge >= 0.3 is 11.9 Å². The van der Waals surface area contributed by atoms with Crippen molar-refractivity contribution in [2.75, 3.05) is 64.3 Å². The summed E-state index contributed by atoms with van der Waals surface area (Å²) in [7, 11) is 0. The van der Waals surface area contributed by atoms with Crippen LogP contribution < -0.4 is 22.6 Å². The third-order valence-corrected chi connectivity index (χ3v) is 5.24. The summed E-state index contributed by atoms with van der Waals surface area (Å²) in [5.41, 5.74) is 11.0. The average Bonchev–Trinajstić information content (AvgIpc) is 3.54. The van der Waals surface area contributed by atoms with E-state index in [9.17, 15) is 19.2 Å². The lowest BCUT2D eigenvalue weighted by molar-refractivity contribution is -0.154. The monoisotopic (exact) mass is 592 g/mol. The predicted molar refractivity (Wildman–Crippen MR) is 141 cm³/mol. The Kier molecular flexibility index (Phi) is 10.5. The van der Waals surface area contributed by atoms with Crippen LogP contribution in [0.2, 0.25) is 0 Å². The summed E-state index contributed by atoms with van der Waals surface area (Å²) in [6.45, 7) is -0.389. The molecular formula is C22H28N10O10. The molecule has 0 amide bonds. The minimum absolute atomic E-state index is 0.0209. The number of hydrogen-bond acceptors (Lipinski definition) is 16. The van der Waals surface area contributed by atoms with Gasteiger partial charge in [-0.15, -0.1) is 0 Å². The zero-order chi connectivity index (χ0) is 29.9. The Balaban J connectivity index is 0.972. The molecule has 0 aliphatic carbocycles. The lowest BCUT2D eigenvalue weighted by Crippen LogP contribution is -2.20. The molecule has 4 rings (SSSR count). The van der Waals surface area contributed by atoms with Crippen LogP contribution >= 0.6 is 0 Å². The number of ether oxygens (including phenoxy) is 6. The molecule has 0 saturated carbocycles. The summed E-state index contributed by atoms with van der Waals surface area (Å²) < 4.78 is 34.0. The van der Waals surface area contributed by atoms with Gasteiger partial charge in [0, 0.05) is 0 Å². The Morgan fingerprint density at radius 1 is 0.667 bits per heavy atom. The van der Waals surface area contributed by atoms with Gasteiger partial charge in [-0.05, 0) is 0 Å². The van der Waals surface area contributed by atoms with Crippen LogP contribution in [0.3, 0.4) is 0 Å². The van der Waals surface area contributed by atoms with E-state index in [0.717, 1.165) is 0 Å². The van der Waals surface area contributed by atoms with Gasteiger partial charge < -0.3 is 39.9 Å². The maximum atomic E-state index is 11.8. The van der Waals surface area contributed by atoms with E-state index in [0.29, 0.717) is 0 Å². The summed E-state index contributed by atoms with van der Waals surface area (Å²) in [4.78, 5) is 67.6. The number of nitrogens with one attached hydrogen (secondary N) is 2. The molecule has 20 heteroatoms. The minimum atomic E-state index is -0.609. The molecule has 0 atom stereocenters. The number of imidazole rings is 2. The van der Waals surface area contributed by atoms with Crippen molar-refractivity contribution < 1.29 is 38.0 Å². The highest BCUT2D eigenvalue weighted by Gasteiger charge is 2.11. The number of fused-ring (bicyclic) bond motifs is 2. The largest absolute Gasteiger partial charge is 0.462 e. The number of hydrogen-bond donors (Lipinski definition) is 4. The van der Waals surface area contributed by atoms with Crippen LogP contribution in [0.1, 0.15) is 0 Å². The summed E-state index contributed by atoms with van der Waals surface area (Å²) in [5, 5.41) is 0. The highest BCUT2D eigenvalue weighted by Crippen LogP contribution is 2.07. The molecule has 0 bridgehead atoms. The highest BCUT2D eigenvalue weighted by atomic mass is 16.6. The molecule has 42 heavy (non-hydrogen) atoms. The molecule has 0 saturated heterocycles. The number of nitrogens with zero attached hydrogens (tertiary/aromatic N) is 6. The van der Waals surface area contributed by atoms with E-state index in [1.54, 1.807) is 0 Å². The fourth-order valence-corrected chi connectivity index (χ4v) is 3.40.